The molecule has 0 spiro atoms. The van der Waals surface area contributed by atoms with Crippen molar-refractivity contribution in [2.75, 3.05) is 20.3 Å². The van der Waals surface area contributed by atoms with E-state index in [2.05, 4.69) is 5.32 Å². The van der Waals surface area contributed by atoms with Gasteiger partial charge in [0.2, 0.25) is 0 Å². The molecule has 7 nitrogen and oxygen atoms in total. The van der Waals surface area contributed by atoms with E-state index in [1.807, 2.05) is 6.07 Å². The second kappa shape index (κ2) is 11.1. The summed E-state index contributed by atoms with van der Waals surface area (Å²) in [7, 11) is 1.46. The van der Waals surface area contributed by atoms with Crippen LogP contribution in [0, 0.1) is 17.1 Å². The zero-order valence-electron chi connectivity index (χ0n) is 15.7. The number of nitrogens with one attached hydrogen (secondary N) is 1. The van der Waals surface area contributed by atoms with Gasteiger partial charge < -0.3 is 19.5 Å². The van der Waals surface area contributed by atoms with Gasteiger partial charge in [0.1, 0.15) is 11.9 Å². The molecular weight excluding hydrogens is 379 g/mol. The minimum atomic E-state index is -0.689. The zero-order chi connectivity index (χ0) is 21.1. The van der Waals surface area contributed by atoms with Crippen molar-refractivity contribution in [2.24, 2.45) is 0 Å². The highest BCUT2D eigenvalue weighted by Crippen LogP contribution is 2.28. The standard InChI is InChI=1S/C21H19FN2O5/c1-27-19-12-15(4-8-18(19)28-11-10-23)5-9-21(26)29-14-20(25)24-13-16-2-6-17(22)7-3-16/h2-9,12H,11,13-14H2,1H3,(H,24,25)/b9-5+. The summed E-state index contributed by atoms with van der Waals surface area (Å²) in [4.78, 5) is 23.5. The smallest absolute Gasteiger partial charge is 0.331 e. The summed E-state index contributed by atoms with van der Waals surface area (Å²) in [5.74, 6) is -0.701. The van der Waals surface area contributed by atoms with Crippen LogP contribution in [0.5, 0.6) is 11.5 Å². The fourth-order valence-electron chi connectivity index (χ4n) is 2.22. The number of nitrogens with zero attached hydrogens (tertiary/aromatic N) is 1. The average Bonchev–Trinajstić information content (AvgIpc) is 2.74. The number of halogens is 1. The molecule has 2 rings (SSSR count). The fraction of sp³-hybridized carbons (Fsp3) is 0.190. The number of benzene rings is 2. The van der Waals surface area contributed by atoms with Gasteiger partial charge in [-0.25, -0.2) is 9.18 Å². The lowest BCUT2D eigenvalue weighted by Gasteiger charge is -2.08. The lowest BCUT2D eigenvalue weighted by molar-refractivity contribution is -0.143. The van der Waals surface area contributed by atoms with Crippen molar-refractivity contribution in [1.29, 1.82) is 5.26 Å². The van der Waals surface area contributed by atoms with E-state index in [9.17, 15) is 14.0 Å². The Kier molecular flexibility index (Phi) is 8.20. The fourth-order valence-corrected chi connectivity index (χ4v) is 2.22. The monoisotopic (exact) mass is 398 g/mol. The van der Waals surface area contributed by atoms with Crippen LogP contribution in [-0.4, -0.2) is 32.2 Å². The number of hydrogen-bond acceptors (Lipinski definition) is 6. The first kappa shape index (κ1) is 21.4. The Labute approximate surface area is 167 Å². The molecule has 1 amide bonds. The quantitative estimate of drug-likeness (QED) is 0.515. The first-order valence-corrected chi connectivity index (χ1v) is 8.55. The Balaban J connectivity index is 1.80. The SMILES string of the molecule is COc1cc(/C=C/C(=O)OCC(=O)NCc2ccc(F)cc2)ccc1OCC#N. The molecule has 0 aliphatic rings. The third-order valence-electron chi connectivity index (χ3n) is 3.64. The topological polar surface area (TPSA) is 97.7 Å². The van der Waals surface area contributed by atoms with Crippen molar-refractivity contribution in [3.8, 4) is 17.6 Å². The second-order valence-corrected chi connectivity index (χ2v) is 5.70. The molecule has 0 aromatic heterocycles. The van der Waals surface area contributed by atoms with Crippen LogP contribution in [0.25, 0.3) is 6.08 Å². The molecule has 1 N–H and O–H groups in total. The lowest BCUT2D eigenvalue weighted by Crippen LogP contribution is -2.28. The summed E-state index contributed by atoms with van der Waals surface area (Å²) < 4.78 is 28.1. The Morgan fingerprint density at radius 3 is 2.62 bits per heavy atom. The van der Waals surface area contributed by atoms with Crippen LogP contribution in [0.3, 0.4) is 0 Å². The maximum Gasteiger partial charge on any atom is 0.331 e. The molecule has 2 aromatic rings. The first-order valence-electron chi connectivity index (χ1n) is 8.55. The molecule has 0 saturated heterocycles. The minimum absolute atomic E-state index is 0.110. The summed E-state index contributed by atoms with van der Waals surface area (Å²) in [6.45, 7) is -0.345. The predicted octanol–water partition coefficient (Wildman–Crippen LogP) is 2.61. The maximum absolute atomic E-state index is 12.8. The van der Waals surface area contributed by atoms with Crippen LogP contribution in [-0.2, 0) is 20.9 Å². The van der Waals surface area contributed by atoms with Crippen LogP contribution < -0.4 is 14.8 Å². The Hall–Kier alpha value is -3.86. The first-order chi connectivity index (χ1) is 14.0. The molecule has 0 atom stereocenters. The Bertz CT molecular complexity index is 920. The van der Waals surface area contributed by atoms with E-state index in [4.69, 9.17) is 19.5 Å². The molecule has 0 radical (unpaired) electrons. The highest BCUT2D eigenvalue weighted by molar-refractivity contribution is 5.89. The molecule has 29 heavy (non-hydrogen) atoms. The molecule has 2 aromatic carbocycles. The zero-order valence-corrected chi connectivity index (χ0v) is 15.7. The van der Waals surface area contributed by atoms with Gasteiger partial charge in [0, 0.05) is 12.6 Å². The number of amides is 1. The van der Waals surface area contributed by atoms with Crippen molar-refractivity contribution in [1.82, 2.24) is 5.32 Å². The maximum atomic E-state index is 12.8. The third-order valence-corrected chi connectivity index (χ3v) is 3.64. The third kappa shape index (κ3) is 7.34. The number of rotatable bonds is 9. The largest absolute Gasteiger partial charge is 0.493 e. The molecule has 0 aliphatic heterocycles. The molecule has 0 unspecified atom stereocenters. The summed E-state index contributed by atoms with van der Waals surface area (Å²) in [5.41, 5.74) is 1.37. The van der Waals surface area contributed by atoms with Gasteiger partial charge in [-0.2, -0.15) is 5.26 Å². The van der Waals surface area contributed by atoms with Gasteiger partial charge in [0.15, 0.2) is 24.7 Å². The van der Waals surface area contributed by atoms with Gasteiger partial charge in [0.25, 0.3) is 5.91 Å². The van der Waals surface area contributed by atoms with E-state index in [0.29, 0.717) is 17.1 Å². The molecule has 0 fully saturated rings. The van der Waals surface area contributed by atoms with E-state index < -0.39 is 18.5 Å². The van der Waals surface area contributed by atoms with Gasteiger partial charge >= 0.3 is 5.97 Å². The molecule has 0 saturated carbocycles. The predicted molar refractivity (Wildman–Crippen MR) is 102 cm³/mol. The number of esters is 1. The molecule has 150 valence electrons. The molecular formula is C21H19FN2O5. The van der Waals surface area contributed by atoms with Gasteiger partial charge in [-0.15, -0.1) is 0 Å². The molecule has 0 aliphatic carbocycles. The van der Waals surface area contributed by atoms with Crippen LogP contribution in [0.2, 0.25) is 0 Å². The van der Waals surface area contributed by atoms with E-state index in [1.54, 1.807) is 30.3 Å². The van der Waals surface area contributed by atoms with Crippen molar-refractivity contribution in [2.45, 2.75) is 6.54 Å². The van der Waals surface area contributed by atoms with Crippen molar-refractivity contribution >= 4 is 18.0 Å². The van der Waals surface area contributed by atoms with E-state index in [-0.39, 0.29) is 19.0 Å². The van der Waals surface area contributed by atoms with Crippen LogP contribution in [0.4, 0.5) is 4.39 Å². The van der Waals surface area contributed by atoms with Crippen molar-refractivity contribution < 1.29 is 28.2 Å². The highest BCUT2D eigenvalue weighted by Gasteiger charge is 2.07. The van der Waals surface area contributed by atoms with Crippen molar-refractivity contribution in [3.05, 3.63) is 65.5 Å². The summed E-state index contributed by atoms with van der Waals surface area (Å²) in [5, 5.41) is 11.1. The Morgan fingerprint density at radius 1 is 1.17 bits per heavy atom. The van der Waals surface area contributed by atoms with Crippen LogP contribution in [0.1, 0.15) is 11.1 Å². The lowest BCUT2D eigenvalue weighted by atomic mass is 10.2. The second-order valence-electron chi connectivity index (χ2n) is 5.70. The van der Waals surface area contributed by atoms with Crippen molar-refractivity contribution in [3.63, 3.8) is 0 Å². The van der Waals surface area contributed by atoms with Gasteiger partial charge in [-0.1, -0.05) is 18.2 Å². The number of methoxy groups -OCH3 is 1. The highest BCUT2D eigenvalue weighted by atomic mass is 19.1. The summed E-state index contributed by atoms with van der Waals surface area (Å²) in [6.07, 6.45) is 2.67. The van der Waals surface area contributed by atoms with Gasteiger partial charge in [-0.3, -0.25) is 4.79 Å². The molecule has 0 bridgehead atoms. The van der Waals surface area contributed by atoms with Gasteiger partial charge in [-0.05, 0) is 41.5 Å². The number of nitriles is 1. The number of hydrogen-bond donors (Lipinski definition) is 1. The number of ether oxygens (including phenoxy) is 3. The molecule has 8 heteroatoms. The normalized spacial score (nSPS) is 10.2. The van der Waals surface area contributed by atoms with E-state index in [0.717, 1.165) is 5.56 Å². The van der Waals surface area contributed by atoms with E-state index >= 15 is 0 Å². The van der Waals surface area contributed by atoms with E-state index in [1.165, 1.54) is 31.4 Å². The van der Waals surface area contributed by atoms with Gasteiger partial charge in [0.05, 0.1) is 7.11 Å². The summed E-state index contributed by atoms with van der Waals surface area (Å²) in [6, 6.07) is 12.5. The van der Waals surface area contributed by atoms with Crippen LogP contribution >= 0.6 is 0 Å². The Morgan fingerprint density at radius 2 is 1.93 bits per heavy atom. The van der Waals surface area contributed by atoms with Crippen LogP contribution in [0.15, 0.2) is 48.5 Å². The minimum Gasteiger partial charge on any atom is -0.493 e. The molecule has 0 heterocycles. The number of carbonyl (C=O) groups is 2. The average molecular weight is 398 g/mol. The number of carbonyl (C=O) groups excluding carboxylic acids is 2. The summed E-state index contributed by atoms with van der Waals surface area (Å²) >= 11 is 0.